The van der Waals surface area contributed by atoms with E-state index in [1.54, 1.807) is 4.90 Å². The number of amides is 4. The maximum atomic E-state index is 13.0. The molecule has 3 aliphatic rings. The Hall–Kier alpha value is -4.44. The van der Waals surface area contributed by atoms with Crippen LogP contribution >= 0.6 is 23.1 Å². The van der Waals surface area contributed by atoms with Gasteiger partial charge < -0.3 is 40.2 Å². The average molecular weight is 682 g/mol. The van der Waals surface area contributed by atoms with E-state index in [1.807, 2.05) is 7.05 Å². The molecule has 1 unspecified atom stereocenters. The first-order valence-electron chi connectivity index (χ1n) is 12.6. The minimum atomic E-state index is -5.08. The number of carbonyl (C=O) groups is 6. The number of piperazine rings is 1. The van der Waals surface area contributed by atoms with Crippen LogP contribution in [0.3, 0.4) is 0 Å². The SMILES string of the molecule is CO/N=C(/C(=O)NC1C(=O)N2C(C(=O)O)=C(COC(=O)N3CCN(C)CC3)CS[C@H]12)c1csc(NC=O)n1.O=C(O)C(F)(F)F. The van der Waals surface area contributed by atoms with E-state index in [0.29, 0.717) is 38.2 Å². The molecule has 4 N–H and O–H groups in total. The minimum absolute atomic E-state index is 0.120. The largest absolute Gasteiger partial charge is 0.490 e. The van der Waals surface area contributed by atoms with Crippen molar-refractivity contribution < 1.29 is 61.7 Å². The van der Waals surface area contributed by atoms with E-state index in [2.05, 4.69) is 25.7 Å². The van der Waals surface area contributed by atoms with E-state index in [1.165, 1.54) is 24.3 Å². The molecule has 2 saturated heterocycles. The zero-order valence-corrected chi connectivity index (χ0v) is 25.0. The number of halogens is 3. The molecule has 45 heavy (non-hydrogen) atoms. The Morgan fingerprint density at radius 3 is 2.40 bits per heavy atom. The van der Waals surface area contributed by atoms with Crippen molar-refractivity contribution in [3.05, 3.63) is 22.3 Å². The number of likely N-dealkylation sites (N-methyl/N-ethyl adjacent to an activating group) is 1. The highest BCUT2D eigenvalue weighted by Crippen LogP contribution is 2.40. The van der Waals surface area contributed by atoms with E-state index in [-0.39, 0.29) is 34.6 Å². The van der Waals surface area contributed by atoms with Gasteiger partial charge in [-0.15, -0.1) is 23.1 Å². The summed E-state index contributed by atoms with van der Waals surface area (Å²) in [6.45, 7) is 2.17. The third-order valence-corrected chi connectivity index (χ3v) is 8.35. The Morgan fingerprint density at radius 1 is 1.20 bits per heavy atom. The summed E-state index contributed by atoms with van der Waals surface area (Å²) in [5.74, 6) is -5.30. The molecule has 0 bridgehead atoms. The van der Waals surface area contributed by atoms with Crippen LogP contribution in [-0.2, 0) is 33.5 Å². The van der Waals surface area contributed by atoms with Crippen molar-refractivity contribution in [2.75, 3.05) is 58.0 Å². The van der Waals surface area contributed by atoms with Gasteiger partial charge in [0.05, 0.1) is 0 Å². The molecule has 1 aromatic rings. The minimum Gasteiger partial charge on any atom is -0.477 e. The molecule has 1 aromatic heterocycles. The fourth-order valence-corrected chi connectivity index (χ4v) is 6.01. The van der Waals surface area contributed by atoms with Crippen LogP contribution in [-0.4, -0.2) is 142 Å². The van der Waals surface area contributed by atoms with Crippen LogP contribution in [0.4, 0.5) is 23.1 Å². The molecule has 4 amide bonds. The summed E-state index contributed by atoms with van der Waals surface area (Å²) >= 11 is 2.30. The molecule has 0 saturated carbocycles. The number of nitrogens with zero attached hydrogens (tertiary/aromatic N) is 5. The molecule has 17 nitrogen and oxygen atoms in total. The van der Waals surface area contributed by atoms with Gasteiger partial charge in [0.25, 0.3) is 11.8 Å². The third-order valence-electron chi connectivity index (χ3n) is 6.24. The number of hydrogen-bond donors (Lipinski definition) is 4. The first kappa shape index (κ1) is 35.0. The predicted octanol–water partition coefficient (Wildman–Crippen LogP) is -0.182. The van der Waals surface area contributed by atoms with Gasteiger partial charge in [0.2, 0.25) is 6.41 Å². The zero-order chi connectivity index (χ0) is 33.5. The van der Waals surface area contributed by atoms with Gasteiger partial charge in [0.1, 0.15) is 36.5 Å². The Morgan fingerprint density at radius 2 is 1.84 bits per heavy atom. The van der Waals surface area contributed by atoms with Crippen molar-refractivity contribution in [2.45, 2.75) is 17.6 Å². The number of rotatable bonds is 9. The molecule has 2 fully saturated rings. The number of carboxylic acids is 2. The van der Waals surface area contributed by atoms with Crippen LogP contribution in [0.1, 0.15) is 5.69 Å². The topological polar surface area (TPSA) is 220 Å². The highest BCUT2D eigenvalue weighted by molar-refractivity contribution is 8.00. The quantitative estimate of drug-likeness (QED) is 0.115. The van der Waals surface area contributed by atoms with Crippen LogP contribution in [0.25, 0.3) is 0 Å². The van der Waals surface area contributed by atoms with Crippen molar-refractivity contribution >= 4 is 70.2 Å². The maximum absolute atomic E-state index is 13.0. The van der Waals surface area contributed by atoms with E-state index in [9.17, 15) is 42.3 Å². The van der Waals surface area contributed by atoms with E-state index in [0.717, 1.165) is 16.2 Å². The second kappa shape index (κ2) is 15.0. The number of aliphatic carboxylic acids is 2. The van der Waals surface area contributed by atoms with Crippen LogP contribution in [0.15, 0.2) is 21.8 Å². The summed E-state index contributed by atoms with van der Waals surface area (Å²) in [5, 5.41) is 26.6. The van der Waals surface area contributed by atoms with Crippen molar-refractivity contribution in [3.8, 4) is 0 Å². The Balaban J connectivity index is 0.000000707. The van der Waals surface area contributed by atoms with E-state index < -0.39 is 47.4 Å². The van der Waals surface area contributed by atoms with Gasteiger partial charge in [-0.2, -0.15) is 13.2 Å². The number of carbonyl (C=O) groups excluding carboxylic acids is 4. The molecule has 3 aliphatic heterocycles. The molecule has 2 atom stereocenters. The first-order valence-corrected chi connectivity index (χ1v) is 14.5. The van der Waals surface area contributed by atoms with E-state index in [4.69, 9.17) is 19.5 Å². The predicted molar refractivity (Wildman–Crippen MR) is 149 cm³/mol. The number of thiazole rings is 1. The van der Waals surface area contributed by atoms with Crippen LogP contribution in [0.2, 0.25) is 0 Å². The molecule has 4 rings (SSSR count). The number of anilines is 1. The summed E-state index contributed by atoms with van der Waals surface area (Å²) in [5.41, 5.74) is -0.0709. The van der Waals surface area contributed by atoms with Crippen molar-refractivity contribution in [3.63, 3.8) is 0 Å². The van der Waals surface area contributed by atoms with Crippen molar-refractivity contribution in [1.29, 1.82) is 0 Å². The lowest BCUT2D eigenvalue weighted by Crippen LogP contribution is -2.71. The molecular weight excluding hydrogens is 655 g/mol. The number of β-lactam (4-membered cyclic amide) rings is 1. The molecular formula is C23H26F3N7O10S2. The first-order chi connectivity index (χ1) is 21.2. The van der Waals surface area contributed by atoms with Gasteiger partial charge in [-0.1, -0.05) is 5.16 Å². The van der Waals surface area contributed by atoms with Crippen LogP contribution in [0.5, 0.6) is 0 Å². The fourth-order valence-electron chi connectivity index (χ4n) is 4.03. The molecule has 4 heterocycles. The summed E-state index contributed by atoms with van der Waals surface area (Å²) in [4.78, 5) is 83.5. The van der Waals surface area contributed by atoms with Gasteiger partial charge in [-0.05, 0) is 7.05 Å². The van der Waals surface area contributed by atoms with Gasteiger partial charge >= 0.3 is 24.2 Å². The molecule has 246 valence electrons. The number of nitrogens with one attached hydrogen (secondary N) is 2. The smallest absolute Gasteiger partial charge is 0.477 e. The number of carboxylic acid groups (broad SMARTS) is 2. The number of oxime groups is 1. The number of alkyl halides is 3. The summed E-state index contributed by atoms with van der Waals surface area (Å²) < 4.78 is 37.1. The lowest BCUT2D eigenvalue weighted by atomic mass is 10.0. The fraction of sp³-hybridized carbons (Fsp3) is 0.478. The Bertz CT molecular complexity index is 1400. The van der Waals surface area contributed by atoms with Crippen molar-refractivity contribution in [1.82, 2.24) is 25.0 Å². The number of aromatic nitrogens is 1. The van der Waals surface area contributed by atoms with Gasteiger partial charge in [-0.25, -0.2) is 19.4 Å². The highest BCUT2D eigenvalue weighted by atomic mass is 32.2. The van der Waals surface area contributed by atoms with Crippen LogP contribution < -0.4 is 10.6 Å². The zero-order valence-electron chi connectivity index (χ0n) is 23.4. The molecule has 0 radical (unpaired) electrons. The third kappa shape index (κ3) is 8.60. The lowest BCUT2D eigenvalue weighted by molar-refractivity contribution is -0.192. The summed E-state index contributed by atoms with van der Waals surface area (Å²) in [6, 6.07) is -1.02. The van der Waals surface area contributed by atoms with Gasteiger partial charge in [-0.3, -0.25) is 19.3 Å². The average Bonchev–Trinajstić information content (AvgIpc) is 3.45. The van der Waals surface area contributed by atoms with E-state index >= 15 is 0 Å². The summed E-state index contributed by atoms with van der Waals surface area (Å²) in [6.07, 6.45) is -5.19. The monoisotopic (exact) mass is 681 g/mol. The highest BCUT2D eigenvalue weighted by Gasteiger charge is 2.54. The number of hydrogen-bond acceptors (Lipinski definition) is 13. The molecule has 22 heteroatoms. The number of thioether (sulfide) groups is 1. The second-order valence-corrected chi connectivity index (χ2v) is 11.2. The van der Waals surface area contributed by atoms with Gasteiger partial charge in [0, 0.05) is 42.9 Å². The van der Waals surface area contributed by atoms with Crippen molar-refractivity contribution in [2.24, 2.45) is 5.16 Å². The number of fused-ring (bicyclic) bond motifs is 1. The second-order valence-electron chi connectivity index (χ2n) is 9.19. The number of ether oxygens (including phenoxy) is 1. The summed E-state index contributed by atoms with van der Waals surface area (Å²) in [7, 11) is 3.19. The normalized spacial score (nSPS) is 20.2. The van der Waals surface area contributed by atoms with Gasteiger partial charge in [0.15, 0.2) is 10.8 Å². The molecule has 0 aromatic carbocycles. The molecule has 0 spiro atoms. The Kier molecular flexibility index (Phi) is 11.7. The maximum Gasteiger partial charge on any atom is 0.490 e. The molecule has 0 aliphatic carbocycles. The standard InChI is InChI=1S/C21H25N7O8S2.C2HF3O2/c1-26-3-5-27(6-4-26)21(34)36-7-11-8-37-18-14(17(31)28(18)15(11)19(32)33)24-16(30)13(25-35-2)12-9-38-20(23-12)22-10-29;3-2(4,5)1(6)7/h9-10,14,18H,3-8H2,1-2H3,(H,24,30)(H,32,33)(H,22,23,29);(H,6,7)/b25-13+;/t14?,18-;/m1./s1. The lowest BCUT2D eigenvalue weighted by Gasteiger charge is -2.49. The van der Waals surface area contributed by atoms with Crippen LogP contribution in [0, 0.1) is 0 Å². The Labute approximate surface area is 260 Å².